The third-order valence-corrected chi connectivity index (χ3v) is 2.97. The maximum atomic E-state index is 14.0. The Labute approximate surface area is 114 Å². The van der Waals surface area contributed by atoms with Crippen molar-refractivity contribution in [2.24, 2.45) is 5.73 Å². The summed E-state index contributed by atoms with van der Waals surface area (Å²) >= 11 is 0. The number of hydrogen-bond acceptors (Lipinski definition) is 4. The first-order chi connectivity index (χ1) is 9.81. The van der Waals surface area contributed by atoms with Gasteiger partial charge in [0.15, 0.2) is 0 Å². The number of nitrogens with two attached hydrogens (primary N) is 1. The highest BCUT2D eigenvalue weighted by molar-refractivity contribution is 5.63. The zero-order valence-electron chi connectivity index (χ0n) is 10.6. The molecule has 100 valence electrons. The summed E-state index contributed by atoms with van der Waals surface area (Å²) < 4.78 is 15.4. The van der Waals surface area contributed by atoms with Crippen LogP contribution in [0.3, 0.4) is 0 Å². The number of hydrogen-bond donors (Lipinski definition) is 1. The third-order valence-electron chi connectivity index (χ3n) is 2.97. The Morgan fingerprint density at radius 3 is 2.55 bits per heavy atom. The molecule has 0 aliphatic carbocycles. The Morgan fingerprint density at radius 2 is 1.85 bits per heavy atom. The minimum absolute atomic E-state index is 0.228. The number of pyridine rings is 1. The van der Waals surface area contributed by atoms with E-state index in [2.05, 4.69) is 15.3 Å². The number of para-hydroxylation sites is 1. The predicted octanol–water partition coefficient (Wildman–Crippen LogP) is 1.93. The number of halogens is 1. The van der Waals surface area contributed by atoms with Crippen LogP contribution in [0.5, 0.6) is 0 Å². The van der Waals surface area contributed by atoms with E-state index >= 15 is 0 Å². The largest absolute Gasteiger partial charge is 0.325 e. The van der Waals surface area contributed by atoms with E-state index in [1.807, 2.05) is 12.1 Å². The molecule has 1 aromatic carbocycles. The smallest absolute Gasteiger partial charge is 0.148 e. The van der Waals surface area contributed by atoms with Gasteiger partial charge in [-0.15, -0.1) is 5.10 Å². The summed E-state index contributed by atoms with van der Waals surface area (Å²) in [5.74, 6) is -0.365. The van der Waals surface area contributed by atoms with Crippen molar-refractivity contribution in [2.75, 3.05) is 0 Å². The standard InChI is InChI=1S/C14H12FN5/c15-11-3-1-2-4-13(11)20-14(12(9-16)18-19-20)10-5-7-17-8-6-10/h1-8H,9,16H2. The molecule has 0 spiro atoms. The lowest BCUT2D eigenvalue weighted by atomic mass is 10.1. The summed E-state index contributed by atoms with van der Waals surface area (Å²) in [6, 6.07) is 10.0. The molecule has 0 atom stereocenters. The fourth-order valence-electron chi connectivity index (χ4n) is 2.04. The van der Waals surface area contributed by atoms with Crippen molar-refractivity contribution in [2.45, 2.75) is 6.54 Å². The maximum Gasteiger partial charge on any atom is 0.148 e. The topological polar surface area (TPSA) is 69.6 Å². The molecule has 3 rings (SSSR count). The Hall–Kier alpha value is -2.60. The van der Waals surface area contributed by atoms with Gasteiger partial charge in [0.1, 0.15) is 17.2 Å². The molecular formula is C14H12FN5. The quantitative estimate of drug-likeness (QED) is 0.788. The predicted molar refractivity (Wildman–Crippen MR) is 72.4 cm³/mol. The molecule has 3 aromatic rings. The second-order valence-corrected chi connectivity index (χ2v) is 4.19. The van der Waals surface area contributed by atoms with Crippen LogP contribution >= 0.6 is 0 Å². The van der Waals surface area contributed by atoms with E-state index < -0.39 is 0 Å². The van der Waals surface area contributed by atoms with Gasteiger partial charge in [-0.05, 0) is 24.3 Å². The molecule has 0 aliphatic heterocycles. The van der Waals surface area contributed by atoms with Crippen LogP contribution in [0, 0.1) is 5.82 Å². The highest BCUT2D eigenvalue weighted by Crippen LogP contribution is 2.25. The summed E-state index contributed by atoms with van der Waals surface area (Å²) in [7, 11) is 0. The molecule has 20 heavy (non-hydrogen) atoms. The van der Waals surface area contributed by atoms with Crippen molar-refractivity contribution in [3.63, 3.8) is 0 Å². The van der Waals surface area contributed by atoms with Gasteiger partial charge in [-0.1, -0.05) is 17.3 Å². The van der Waals surface area contributed by atoms with E-state index in [0.717, 1.165) is 5.56 Å². The van der Waals surface area contributed by atoms with E-state index in [9.17, 15) is 4.39 Å². The van der Waals surface area contributed by atoms with Crippen LogP contribution in [0.1, 0.15) is 5.69 Å². The highest BCUT2D eigenvalue weighted by atomic mass is 19.1. The monoisotopic (exact) mass is 269 g/mol. The molecule has 5 nitrogen and oxygen atoms in total. The molecule has 0 amide bonds. The van der Waals surface area contributed by atoms with Gasteiger partial charge in [-0.2, -0.15) is 0 Å². The van der Waals surface area contributed by atoms with Crippen molar-refractivity contribution in [1.29, 1.82) is 0 Å². The van der Waals surface area contributed by atoms with E-state index in [4.69, 9.17) is 5.73 Å². The molecular weight excluding hydrogens is 257 g/mol. The fourth-order valence-corrected chi connectivity index (χ4v) is 2.04. The molecule has 2 aromatic heterocycles. The van der Waals surface area contributed by atoms with Crippen LogP contribution in [0.2, 0.25) is 0 Å². The lowest BCUT2D eigenvalue weighted by Gasteiger charge is -2.08. The van der Waals surface area contributed by atoms with E-state index in [0.29, 0.717) is 17.1 Å². The summed E-state index contributed by atoms with van der Waals surface area (Å²) in [5.41, 5.74) is 8.16. The third kappa shape index (κ3) is 2.06. The van der Waals surface area contributed by atoms with Gasteiger partial charge < -0.3 is 5.73 Å². The van der Waals surface area contributed by atoms with Crippen LogP contribution in [0.15, 0.2) is 48.8 Å². The summed E-state index contributed by atoms with van der Waals surface area (Å²) in [6.07, 6.45) is 3.32. The first kappa shape index (κ1) is 12.4. The number of nitrogens with zero attached hydrogens (tertiary/aromatic N) is 4. The normalized spacial score (nSPS) is 10.7. The van der Waals surface area contributed by atoms with Gasteiger partial charge in [0.25, 0.3) is 0 Å². The summed E-state index contributed by atoms with van der Waals surface area (Å²) in [6.45, 7) is 0.228. The Morgan fingerprint density at radius 1 is 1.10 bits per heavy atom. The average Bonchev–Trinajstić information content (AvgIpc) is 2.92. The second kappa shape index (κ2) is 5.18. The molecule has 0 saturated carbocycles. The Bertz CT molecular complexity index is 723. The van der Waals surface area contributed by atoms with E-state index in [1.54, 1.807) is 30.6 Å². The number of aromatic nitrogens is 4. The zero-order chi connectivity index (χ0) is 13.9. The van der Waals surface area contributed by atoms with Gasteiger partial charge in [-0.25, -0.2) is 9.07 Å². The second-order valence-electron chi connectivity index (χ2n) is 4.19. The minimum atomic E-state index is -0.365. The molecule has 0 radical (unpaired) electrons. The van der Waals surface area contributed by atoms with Crippen LogP contribution in [-0.2, 0) is 6.54 Å². The first-order valence-corrected chi connectivity index (χ1v) is 6.11. The molecule has 2 heterocycles. The van der Waals surface area contributed by atoms with E-state index in [-0.39, 0.29) is 12.4 Å². The summed E-state index contributed by atoms with van der Waals surface area (Å²) in [5, 5.41) is 8.05. The van der Waals surface area contributed by atoms with Crippen LogP contribution in [0.4, 0.5) is 4.39 Å². The molecule has 0 aliphatic rings. The van der Waals surface area contributed by atoms with E-state index in [1.165, 1.54) is 10.7 Å². The Balaban J connectivity index is 2.24. The lowest BCUT2D eigenvalue weighted by Crippen LogP contribution is -2.04. The van der Waals surface area contributed by atoms with Crippen molar-refractivity contribution in [1.82, 2.24) is 20.0 Å². The number of benzene rings is 1. The molecule has 0 saturated heterocycles. The van der Waals surface area contributed by atoms with Crippen molar-refractivity contribution < 1.29 is 4.39 Å². The molecule has 6 heteroatoms. The highest BCUT2D eigenvalue weighted by Gasteiger charge is 2.17. The van der Waals surface area contributed by atoms with Crippen molar-refractivity contribution in [3.05, 3.63) is 60.3 Å². The SMILES string of the molecule is NCc1nnn(-c2ccccc2F)c1-c1ccncc1. The van der Waals surface area contributed by atoms with Crippen molar-refractivity contribution >= 4 is 0 Å². The average molecular weight is 269 g/mol. The fraction of sp³-hybridized carbons (Fsp3) is 0.0714. The maximum absolute atomic E-state index is 14.0. The van der Waals surface area contributed by atoms with Crippen LogP contribution < -0.4 is 5.73 Å². The van der Waals surface area contributed by atoms with Gasteiger partial charge >= 0.3 is 0 Å². The number of rotatable bonds is 3. The lowest BCUT2D eigenvalue weighted by molar-refractivity contribution is 0.608. The first-order valence-electron chi connectivity index (χ1n) is 6.11. The van der Waals surface area contributed by atoms with Gasteiger partial charge in [0, 0.05) is 24.5 Å². The van der Waals surface area contributed by atoms with Crippen LogP contribution in [0.25, 0.3) is 16.9 Å². The summed E-state index contributed by atoms with van der Waals surface area (Å²) in [4.78, 5) is 3.98. The Kier molecular flexibility index (Phi) is 3.22. The van der Waals surface area contributed by atoms with Gasteiger partial charge in [0.2, 0.25) is 0 Å². The molecule has 0 unspecified atom stereocenters. The molecule has 2 N–H and O–H groups in total. The van der Waals surface area contributed by atoms with Gasteiger partial charge in [-0.3, -0.25) is 4.98 Å². The minimum Gasteiger partial charge on any atom is -0.325 e. The molecule has 0 bridgehead atoms. The molecule has 0 fully saturated rings. The van der Waals surface area contributed by atoms with Crippen molar-refractivity contribution in [3.8, 4) is 16.9 Å². The zero-order valence-corrected chi connectivity index (χ0v) is 10.6. The van der Waals surface area contributed by atoms with Gasteiger partial charge in [0.05, 0.1) is 5.69 Å². The van der Waals surface area contributed by atoms with Crippen LogP contribution in [-0.4, -0.2) is 20.0 Å².